The van der Waals surface area contributed by atoms with Crippen LogP contribution in [-0.4, -0.2) is 39.3 Å². The van der Waals surface area contributed by atoms with Gasteiger partial charge in [-0.2, -0.15) is 0 Å². The maximum Gasteiger partial charge on any atom is 0.363 e. The van der Waals surface area contributed by atoms with Gasteiger partial charge in [0, 0.05) is 11.6 Å². The number of ether oxygens (including phenoxy) is 5. The fourth-order valence-corrected chi connectivity index (χ4v) is 3.11. The predicted molar refractivity (Wildman–Crippen MR) is 103 cm³/mol. The van der Waals surface area contributed by atoms with Gasteiger partial charge in [-0.25, -0.2) is 9.79 Å². The van der Waals surface area contributed by atoms with E-state index in [4.69, 9.17) is 35.3 Å². The first-order valence-electron chi connectivity index (χ1n) is 8.42. The van der Waals surface area contributed by atoms with Crippen LogP contribution in [0.1, 0.15) is 11.1 Å². The van der Waals surface area contributed by atoms with Crippen molar-refractivity contribution in [3.8, 4) is 23.0 Å². The fraction of sp³-hybridized carbons (Fsp3) is 0.200. The van der Waals surface area contributed by atoms with E-state index in [9.17, 15) is 4.79 Å². The van der Waals surface area contributed by atoms with E-state index in [0.717, 1.165) is 0 Å². The van der Waals surface area contributed by atoms with Gasteiger partial charge in [-0.1, -0.05) is 11.6 Å². The van der Waals surface area contributed by atoms with E-state index in [1.54, 1.807) is 36.4 Å². The standard InChI is InChI=1S/C20H16ClNO6/c1-24-13-8-12(9-14(10-13)25-2)19-22-16(20(23)28-19)6-11-5-15(21)18-17(7-11)26-3-4-27-18/h5-10H,3-4H2,1-2H3. The number of nitrogens with zero attached hydrogens (tertiary/aromatic N) is 1. The van der Waals surface area contributed by atoms with Gasteiger partial charge >= 0.3 is 5.97 Å². The lowest BCUT2D eigenvalue weighted by Gasteiger charge is -2.19. The summed E-state index contributed by atoms with van der Waals surface area (Å²) in [5.41, 5.74) is 1.35. The Morgan fingerprint density at radius 1 is 1.04 bits per heavy atom. The van der Waals surface area contributed by atoms with Crippen molar-refractivity contribution in [1.82, 2.24) is 0 Å². The molecule has 0 aliphatic carbocycles. The minimum atomic E-state index is -0.567. The van der Waals surface area contributed by atoms with Gasteiger partial charge < -0.3 is 23.7 Å². The third kappa shape index (κ3) is 3.48. The first kappa shape index (κ1) is 18.2. The number of fused-ring (bicyclic) bond motifs is 1. The van der Waals surface area contributed by atoms with Crippen molar-refractivity contribution in [1.29, 1.82) is 0 Å². The van der Waals surface area contributed by atoms with E-state index in [0.29, 0.717) is 52.4 Å². The third-order valence-electron chi connectivity index (χ3n) is 4.14. The Hall–Kier alpha value is -3.19. The number of rotatable bonds is 4. The van der Waals surface area contributed by atoms with Crippen LogP contribution in [0.4, 0.5) is 0 Å². The molecule has 2 aliphatic rings. The van der Waals surface area contributed by atoms with E-state index < -0.39 is 5.97 Å². The van der Waals surface area contributed by atoms with Crippen LogP contribution >= 0.6 is 11.6 Å². The average Bonchev–Trinajstić information content (AvgIpc) is 3.08. The summed E-state index contributed by atoms with van der Waals surface area (Å²) >= 11 is 6.25. The monoisotopic (exact) mass is 401 g/mol. The van der Waals surface area contributed by atoms with Crippen LogP contribution in [0.5, 0.6) is 23.0 Å². The van der Waals surface area contributed by atoms with E-state index in [1.807, 2.05) is 0 Å². The molecule has 0 radical (unpaired) electrons. The summed E-state index contributed by atoms with van der Waals surface area (Å²) in [6.07, 6.45) is 1.58. The lowest BCUT2D eigenvalue weighted by molar-refractivity contribution is -0.129. The van der Waals surface area contributed by atoms with Gasteiger partial charge in [0.2, 0.25) is 5.90 Å². The smallest absolute Gasteiger partial charge is 0.363 e. The number of methoxy groups -OCH3 is 2. The summed E-state index contributed by atoms with van der Waals surface area (Å²) in [6.45, 7) is 0.877. The molecule has 0 fully saturated rings. The van der Waals surface area contributed by atoms with Gasteiger partial charge in [0.1, 0.15) is 24.7 Å². The molecule has 0 atom stereocenters. The van der Waals surface area contributed by atoms with Crippen LogP contribution in [0.15, 0.2) is 41.0 Å². The normalized spacial score (nSPS) is 16.6. The van der Waals surface area contributed by atoms with Crippen molar-refractivity contribution in [2.24, 2.45) is 4.99 Å². The van der Waals surface area contributed by atoms with Crippen molar-refractivity contribution >= 4 is 29.5 Å². The second-order valence-electron chi connectivity index (χ2n) is 5.96. The van der Waals surface area contributed by atoms with Crippen molar-refractivity contribution in [2.45, 2.75) is 0 Å². The summed E-state index contributed by atoms with van der Waals surface area (Å²) in [4.78, 5) is 16.6. The minimum absolute atomic E-state index is 0.143. The number of halogens is 1. The lowest BCUT2D eigenvalue weighted by Crippen LogP contribution is -2.15. The molecule has 2 heterocycles. The Labute approximate surface area is 166 Å². The van der Waals surface area contributed by atoms with Gasteiger partial charge in [0.05, 0.1) is 19.2 Å². The molecular formula is C20H16ClNO6. The van der Waals surface area contributed by atoms with Crippen LogP contribution in [0.2, 0.25) is 5.02 Å². The molecule has 0 saturated heterocycles. The Bertz CT molecular complexity index is 992. The Kier molecular flexibility index (Phi) is 4.83. The topological polar surface area (TPSA) is 75.6 Å². The molecule has 0 aromatic heterocycles. The lowest BCUT2D eigenvalue weighted by atomic mass is 10.1. The third-order valence-corrected chi connectivity index (χ3v) is 4.42. The van der Waals surface area contributed by atoms with Crippen LogP contribution < -0.4 is 18.9 Å². The number of carbonyl (C=O) groups excluding carboxylic acids is 1. The molecule has 8 heteroatoms. The molecule has 0 N–H and O–H groups in total. The minimum Gasteiger partial charge on any atom is -0.497 e. The van der Waals surface area contributed by atoms with Crippen LogP contribution in [0, 0.1) is 0 Å². The molecule has 4 rings (SSSR count). The summed E-state index contributed by atoms with van der Waals surface area (Å²) in [6, 6.07) is 8.55. The van der Waals surface area contributed by atoms with Crippen LogP contribution in [-0.2, 0) is 9.53 Å². The number of benzene rings is 2. The highest BCUT2D eigenvalue weighted by Crippen LogP contribution is 2.39. The number of hydrogen-bond acceptors (Lipinski definition) is 7. The molecule has 0 unspecified atom stereocenters. The van der Waals surface area contributed by atoms with E-state index in [1.165, 1.54) is 14.2 Å². The molecular weight excluding hydrogens is 386 g/mol. The van der Waals surface area contributed by atoms with Crippen LogP contribution in [0.25, 0.3) is 6.08 Å². The maximum atomic E-state index is 12.3. The largest absolute Gasteiger partial charge is 0.497 e. The van der Waals surface area contributed by atoms with Crippen molar-refractivity contribution in [3.63, 3.8) is 0 Å². The first-order chi connectivity index (χ1) is 13.6. The second-order valence-corrected chi connectivity index (χ2v) is 6.37. The number of carbonyl (C=O) groups is 1. The molecule has 28 heavy (non-hydrogen) atoms. The van der Waals surface area contributed by atoms with Crippen molar-refractivity contribution in [3.05, 3.63) is 52.2 Å². The molecule has 144 valence electrons. The zero-order valence-electron chi connectivity index (χ0n) is 15.2. The van der Waals surface area contributed by atoms with Crippen molar-refractivity contribution < 1.29 is 28.5 Å². The van der Waals surface area contributed by atoms with Gasteiger partial charge in [-0.3, -0.25) is 0 Å². The Morgan fingerprint density at radius 2 is 1.75 bits per heavy atom. The van der Waals surface area contributed by atoms with Crippen LogP contribution in [0.3, 0.4) is 0 Å². The number of aliphatic imine (C=N–C) groups is 1. The zero-order chi connectivity index (χ0) is 19.7. The maximum absolute atomic E-state index is 12.3. The number of hydrogen-bond donors (Lipinski definition) is 0. The zero-order valence-corrected chi connectivity index (χ0v) is 15.9. The molecule has 7 nitrogen and oxygen atoms in total. The van der Waals surface area contributed by atoms with E-state index in [-0.39, 0.29) is 11.6 Å². The van der Waals surface area contributed by atoms with E-state index in [2.05, 4.69) is 4.99 Å². The van der Waals surface area contributed by atoms with Gasteiger partial charge in [-0.15, -0.1) is 0 Å². The number of esters is 1. The van der Waals surface area contributed by atoms with Gasteiger partial charge in [0.15, 0.2) is 17.2 Å². The molecule has 0 bridgehead atoms. The highest BCUT2D eigenvalue weighted by atomic mass is 35.5. The number of cyclic esters (lactones) is 1. The molecule has 2 aromatic carbocycles. The molecule has 2 aliphatic heterocycles. The summed E-state index contributed by atoms with van der Waals surface area (Å²) < 4.78 is 26.9. The predicted octanol–water partition coefficient (Wildman–Crippen LogP) is 3.47. The highest BCUT2D eigenvalue weighted by molar-refractivity contribution is 6.32. The van der Waals surface area contributed by atoms with Crippen molar-refractivity contribution in [2.75, 3.05) is 27.4 Å². The first-order valence-corrected chi connectivity index (χ1v) is 8.80. The second kappa shape index (κ2) is 7.44. The average molecular weight is 402 g/mol. The molecule has 0 amide bonds. The Balaban J connectivity index is 1.69. The van der Waals surface area contributed by atoms with E-state index >= 15 is 0 Å². The summed E-state index contributed by atoms with van der Waals surface area (Å²) in [5, 5.41) is 0.400. The summed E-state index contributed by atoms with van der Waals surface area (Å²) in [7, 11) is 3.08. The van der Waals surface area contributed by atoms with Gasteiger partial charge in [0.25, 0.3) is 0 Å². The molecule has 2 aromatic rings. The van der Waals surface area contributed by atoms with Gasteiger partial charge in [-0.05, 0) is 35.9 Å². The fourth-order valence-electron chi connectivity index (χ4n) is 2.84. The SMILES string of the molecule is COc1cc(OC)cc(C2=NC(=Cc3cc(Cl)c4c(c3)OCCO4)C(=O)O2)c1. The molecule has 0 saturated carbocycles. The highest BCUT2D eigenvalue weighted by Gasteiger charge is 2.26. The molecule has 0 spiro atoms. The summed E-state index contributed by atoms with van der Waals surface area (Å²) in [5.74, 6) is 1.74. The Morgan fingerprint density at radius 3 is 2.46 bits per heavy atom. The quantitative estimate of drug-likeness (QED) is 0.576.